The summed E-state index contributed by atoms with van der Waals surface area (Å²) in [5, 5.41) is 13.2. The summed E-state index contributed by atoms with van der Waals surface area (Å²) in [7, 11) is 0. The number of allylic oxidation sites excluding steroid dienone is 2. The lowest BCUT2D eigenvalue weighted by molar-refractivity contribution is -0.928. The molecule has 2 aliphatic heterocycles. The Morgan fingerprint density at radius 1 is 1.12 bits per heavy atom. The van der Waals surface area contributed by atoms with Crippen LogP contribution in [0, 0.1) is 5.41 Å². The average Bonchev–Trinajstić information content (AvgIpc) is 2.52. The molecule has 0 saturated carbocycles. The summed E-state index contributed by atoms with van der Waals surface area (Å²) in [5.74, 6) is 0.141. The third kappa shape index (κ3) is 2.63. The average molecular weight is 361 g/mol. The van der Waals surface area contributed by atoms with Gasteiger partial charge in [-0.05, 0) is 17.9 Å². The molecule has 25 heavy (non-hydrogen) atoms. The number of carbonyl (C=O) groups excluding carboxylic acids is 1. The molecule has 2 atom stereocenters. The summed E-state index contributed by atoms with van der Waals surface area (Å²) >= 11 is 0. The van der Waals surface area contributed by atoms with Gasteiger partial charge in [0.05, 0.1) is 18.5 Å². The van der Waals surface area contributed by atoms with E-state index >= 15 is 0 Å². The first-order valence-electron chi connectivity index (χ1n) is 8.78. The van der Waals surface area contributed by atoms with Crippen molar-refractivity contribution in [1.29, 1.82) is 0 Å². The van der Waals surface area contributed by atoms with Crippen LogP contribution in [0.3, 0.4) is 0 Å². The second kappa shape index (κ2) is 5.96. The van der Waals surface area contributed by atoms with Gasteiger partial charge in [-0.1, -0.05) is 43.3 Å². The minimum atomic E-state index is -0.164. The number of halogens is 1. The van der Waals surface area contributed by atoms with Crippen LogP contribution in [0.2, 0.25) is 0 Å². The van der Waals surface area contributed by atoms with Gasteiger partial charge in [-0.3, -0.25) is 9.69 Å². The van der Waals surface area contributed by atoms with E-state index in [1.54, 1.807) is 0 Å². The number of quaternary nitrogens is 1. The van der Waals surface area contributed by atoms with E-state index in [0.29, 0.717) is 24.1 Å². The molecule has 1 aromatic carbocycles. The fourth-order valence-corrected chi connectivity index (χ4v) is 5.08. The van der Waals surface area contributed by atoms with Crippen LogP contribution in [-0.2, 0) is 16.8 Å². The molecule has 0 aromatic heterocycles. The number of carbonyl (C=O) groups is 1. The zero-order chi connectivity index (χ0) is 17.1. The maximum absolute atomic E-state index is 12.8. The normalized spacial score (nSPS) is 31.7. The summed E-state index contributed by atoms with van der Waals surface area (Å²) < 4.78 is 0. The molecule has 2 heterocycles. The Balaban J connectivity index is 0.00000182. The molecule has 134 valence electrons. The SMILES string of the molecule is CC1(C)CC(=O)C2=C(C1)[NH+]1CCc3ccccc3C1(C)C/C2=N\O.[Cl-]. The molecular weight excluding hydrogens is 336 g/mol. The lowest BCUT2D eigenvalue weighted by Crippen LogP contribution is -3.19. The van der Waals surface area contributed by atoms with Crippen LogP contribution >= 0.6 is 0 Å². The number of ketones is 1. The highest BCUT2D eigenvalue weighted by molar-refractivity contribution is 6.23. The van der Waals surface area contributed by atoms with Gasteiger partial charge in [0.25, 0.3) is 0 Å². The number of nitrogens with zero attached hydrogens (tertiary/aromatic N) is 1. The van der Waals surface area contributed by atoms with Gasteiger partial charge in [0.2, 0.25) is 0 Å². The minimum Gasteiger partial charge on any atom is -1.00 e. The third-order valence-corrected chi connectivity index (χ3v) is 6.09. The highest BCUT2D eigenvalue weighted by atomic mass is 35.5. The van der Waals surface area contributed by atoms with Gasteiger partial charge in [-0.2, -0.15) is 0 Å². The van der Waals surface area contributed by atoms with E-state index in [1.165, 1.54) is 16.0 Å². The highest BCUT2D eigenvalue weighted by Crippen LogP contribution is 2.41. The number of hydrogen-bond acceptors (Lipinski definition) is 3. The Hall–Kier alpha value is -1.65. The summed E-state index contributed by atoms with van der Waals surface area (Å²) in [6, 6.07) is 8.58. The van der Waals surface area contributed by atoms with E-state index in [0.717, 1.165) is 25.1 Å². The number of fused-ring (bicyclic) bond motifs is 4. The Kier molecular flexibility index (Phi) is 4.33. The van der Waals surface area contributed by atoms with E-state index in [9.17, 15) is 10.0 Å². The van der Waals surface area contributed by atoms with Crippen LogP contribution in [0.25, 0.3) is 0 Å². The van der Waals surface area contributed by atoms with E-state index < -0.39 is 0 Å². The highest BCUT2D eigenvalue weighted by Gasteiger charge is 2.53. The quantitative estimate of drug-likeness (QED) is 0.471. The molecule has 4 nitrogen and oxygen atoms in total. The summed E-state index contributed by atoms with van der Waals surface area (Å²) in [6.45, 7) is 7.57. The molecule has 1 aromatic rings. The van der Waals surface area contributed by atoms with Crippen molar-refractivity contribution < 1.29 is 27.3 Å². The van der Waals surface area contributed by atoms with Gasteiger partial charge in [0.15, 0.2) is 5.78 Å². The first kappa shape index (κ1) is 18.2. The molecule has 5 heteroatoms. The number of benzene rings is 1. The number of Topliss-reactive ketones (excluding diaryl/α,β-unsaturated/α-hetero) is 1. The van der Waals surface area contributed by atoms with Gasteiger partial charge in [-0.25, -0.2) is 0 Å². The van der Waals surface area contributed by atoms with Gasteiger partial charge in [-0.15, -0.1) is 0 Å². The van der Waals surface area contributed by atoms with Crippen LogP contribution in [0.15, 0.2) is 40.7 Å². The van der Waals surface area contributed by atoms with E-state index in [4.69, 9.17) is 0 Å². The molecule has 2 unspecified atom stereocenters. The summed E-state index contributed by atoms with van der Waals surface area (Å²) in [4.78, 5) is 14.2. The molecule has 1 aliphatic carbocycles. The predicted molar refractivity (Wildman–Crippen MR) is 92.2 cm³/mol. The molecule has 0 bridgehead atoms. The first-order chi connectivity index (χ1) is 11.4. The Morgan fingerprint density at radius 3 is 2.56 bits per heavy atom. The molecule has 2 N–H and O–H groups in total. The van der Waals surface area contributed by atoms with Crippen molar-refractivity contribution in [3.63, 3.8) is 0 Å². The van der Waals surface area contributed by atoms with Gasteiger partial charge in [0, 0.05) is 24.8 Å². The van der Waals surface area contributed by atoms with Crippen molar-refractivity contribution in [3.05, 3.63) is 46.7 Å². The number of hydrogen-bond donors (Lipinski definition) is 2. The molecule has 3 aliphatic rings. The van der Waals surface area contributed by atoms with E-state index in [2.05, 4.69) is 50.2 Å². The smallest absolute Gasteiger partial charge is 0.171 e. The van der Waals surface area contributed by atoms with Gasteiger partial charge < -0.3 is 17.6 Å². The standard InChI is InChI=1S/C20H24N2O2.ClH/c1-19(2)11-16-18(17(23)12-19)15(21-24)10-20(3)14-7-5-4-6-13(14)8-9-22(16)20;/h4-7,24H,8-12H2,1-3H3;1H/b21-15+;. The molecule has 0 fully saturated rings. The number of nitrogens with one attached hydrogen (secondary N) is 1. The van der Waals surface area contributed by atoms with Crippen molar-refractivity contribution in [2.75, 3.05) is 6.54 Å². The monoisotopic (exact) mass is 360 g/mol. The Labute approximate surface area is 155 Å². The minimum absolute atomic E-state index is 0. The second-order valence-electron chi connectivity index (χ2n) is 8.49. The zero-order valence-electron chi connectivity index (χ0n) is 15.0. The van der Waals surface area contributed by atoms with E-state index in [-0.39, 0.29) is 29.1 Å². The zero-order valence-corrected chi connectivity index (χ0v) is 15.8. The first-order valence-corrected chi connectivity index (χ1v) is 8.78. The van der Waals surface area contributed by atoms with Crippen LogP contribution in [0.4, 0.5) is 0 Å². The van der Waals surface area contributed by atoms with Crippen molar-refractivity contribution in [1.82, 2.24) is 0 Å². The van der Waals surface area contributed by atoms with Crippen molar-refractivity contribution >= 4 is 11.5 Å². The number of rotatable bonds is 0. The third-order valence-electron chi connectivity index (χ3n) is 6.09. The molecular formula is C20H25ClN2O2. The predicted octanol–water partition coefficient (Wildman–Crippen LogP) is -0.776. The topological polar surface area (TPSA) is 54.1 Å². The van der Waals surface area contributed by atoms with Crippen molar-refractivity contribution in [2.45, 2.75) is 52.0 Å². The maximum Gasteiger partial charge on any atom is 0.171 e. The molecule has 0 radical (unpaired) electrons. The summed E-state index contributed by atoms with van der Waals surface area (Å²) in [5.41, 5.74) is 4.97. The molecule has 4 rings (SSSR count). The molecule has 0 spiro atoms. The van der Waals surface area contributed by atoms with Crippen molar-refractivity contribution in [2.24, 2.45) is 10.6 Å². The van der Waals surface area contributed by atoms with Gasteiger partial charge >= 0.3 is 0 Å². The fourth-order valence-electron chi connectivity index (χ4n) is 5.08. The molecule has 0 saturated heterocycles. The van der Waals surface area contributed by atoms with Gasteiger partial charge in [0.1, 0.15) is 16.9 Å². The largest absolute Gasteiger partial charge is 1.00 e. The van der Waals surface area contributed by atoms with E-state index in [1.807, 2.05) is 0 Å². The molecule has 0 amide bonds. The summed E-state index contributed by atoms with van der Waals surface area (Å²) in [6.07, 6.45) is 3.06. The van der Waals surface area contributed by atoms with Crippen LogP contribution < -0.4 is 17.3 Å². The van der Waals surface area contributed by atoms with Crippen LogP contribution in [-0.4, -0.2) is 23.2 Å². The van der Waals surface area contributed by atoms with Crippen molar-refractivity contribution in [3.8, 4) is 0 Å². The number of oxime groups is 1. The maximum atomic E-state index is 12.8. The second-order valence-corrected chi connectivity index (χ2v) is 8.49. The Bertz CT molecular complexity index is 797. The fraction of sp³-hybridized carbons (Fsp3) is 0.500. The lowest BCUT2D eigenvalue weighted by Gasteiger charge is -2.49. The Morgan fingerprint density at radius 2 is 1.84 bits per heavy atom. The van der Waals surface area contributed by atoms with Crippen LogP contribution in [0.5, 0.6) is 0 Å². The lowest BCUT2D eigenvalue weighted by atomic mass is 9.67. The van der Waals surface area contributed by atoms with Crippen LogP contribution in [0.1, 0.15) is 51.2 Å².